The van der Waals surface area contributed by atoms with Crippen molar-refractivity contribution in [2.75, 3.05) is 5.73 Å². The predicted molar refractivity (Wildman–Crippen MR) is 80.1 cm³/mol. The van der Waals surface area contributed by atoms with Crippen molar-refractivity contribution in [2.45, 2.75) is 12.8 Å². The average molecular weight is 264 g/mol. The molecule has 2 heterocycles. The summed E-state index contributed by atoms with van der Waals surface area (Å²) in [6.07, 6.45) is 5.37. The molecule has 0 spiro atoms. The van der Waals surface area contributed by atoms with E-state index in [1.54, 1.807) is 12.4 Å². The topological polar surface area (TPSA) is 67.6 Å². The first-order valence-corrected chi connectivity index (χ1v) is 6.61. The van der Waals surface area contributed by atoms with Crippen LogP contribution < -0.4 is 5.73 Å². The van der Waals surface area contributed by atoms with E-state index >= 15 is 0 Å². The van der Waals surface area contributed by atoms with E-state index in [4.69, 9.17) is 5.73 Å². The average Bonchev–Trinajstić information content (AvgIpc) is 2.88. The zero-order valence-electron chi connectivity index (χ0n) is 11.1. The molecule has 0 radical (unpaired) electrons. The molecule has 100 valence electrons. The summed E-state index contributed by atoms with van der Waals surface area (Å²) in [6.45, 7) is 0. The van der Waals surface area contributed by atoms with Crippen molar-refractivity contribution >= 4 is 5.82 Å². The van der Waals surface area contributed by atoms with Crippen LogP contribution in [0.1, 0.15) is 11.3 Å². The van der Waals surface area contributed by atoms with Crippen LogP contribution in [0.5, 0.6) is 0 Å². The van der Waals surface area contributed by atoms with Crippen LogP contribution in [-0.2, 0) is 12.8 Å². The van der Waals surface area contributed by atoms with Gasteiger partial charge in [0.05, 0.1) is 0 Å². The van der Waals surface area contributed by atoms with Crippen LogP contribution in [-0.4, -0.2) is 15.2 Å². The molecule has 0 saturated carbocycles. The molecule has 0 unspecified atom stereocenters. The third-order valence-corrected chi connectivity index (χ3v) is 3.34. The first-order chi connectivity index (χ1) is 9.84. The van der Waals surface area contributed by atoms with E-state index in [-0.39, 0.29) is 0 Å². The number of aromatic amines is 1. The van der Waals surface area contributed by atoms with Crippen molar-refractivity contribution in [2.24, 2.45) is 0 Å². The van der Waals surface area contributed by atoms with E-state index in [1.165, 1.54) is 5.56 Å². The van der Waals surface area contributed by atoms with Gasteiger partial charge >= 0.3 is 0 Å². The molecule has 0 aliphatic carbocycles. The van der Waals surface area contributed by atoms with Gasteiger partial charge < -0.3 is 5.73 Å². The largest absolute Gasteiger partial charge is 0.382 e. The number of nitrogens with two attached hydrogens (primary N) is 1. The van der Waals surface area contributed by atoms with Crippen LogP contribution in [0.15, 0.2) is 54.9 Å². The second-order valence-electron chi connectivity index (χ2n) is 4.68. The molecule has 1 aromatic carbocycles. The van der Waals surface area contributed by atoms with Crippen LogP contribution >= 0.6 is 0 Å². The molecule has 3 rings (SSSR count). The summed E-state index contributed by atoms with van der Waals surface area (Å²) in [6, 6.07) is 14.3. The van der Waals surface area contributed by atoms with Gasteiger partial charge in [-0.1, -0.05) is 30.3 Å². The highest BCUT2D eigenvalue weighted by atomic mass is 15.2. The Labute approximate surface area is 117 Å². The van der Waals surface area contributed by atoms with Gasteiger partial charge in [0, 0.05) is 23.7 Å². The highest BCUT2D eigenvalue weighted by molar-refractivity contribution is 5.75. The number of nitrogens with zero attached hydrogens (tertiary/aromatic N) is 2. The molecule has 0 saturated heterocycles. The maximum atomic E-state index is 5.98. The predicted octanol–water partition coefficient (Wildman–Crippen LogP) is 2.84. The number of aryl methyl sites for hydroxylation is 2. The van der Waals surface area contributed by atoms with Crippen molar-refractivity contribution in [1.82, 2.24) is 15.2 Å². The Bertz CT molecular complexity index is 674. The minimum Gasteiger partial charge on any atom is -0.382 e. The van der Waals surface area contributed by atoms with Crippen LogP contribution in [0, 0.1) is 0 Å². The normalized spacial score (nSPS) is 10.6. The Kier molecular flexibility index (Phi) is 3.46. The number of hydrogen-bond acceptors (Lipinski definition) is 3. The number of hydrogen-bond donors (Lipinski definition) is 2. The summed E-state index contributed by atoms with van der Waals surface area (Å²) in [7, 11) is 0. The molecule has 0 aliphatic heterocycles. The van der Waals surface area contributed by atoms with Crippen molar-refractivity contribution in [3.63, 3.8) is 0 Å². The smallest absolute Gasteiger partial charge is 0.153 e. The highest BCUT2D eigenvalue weighted by Crippen LogP contribution is 2.28. The van der Waals surface area contributed by atoms with Gasteiger partial charge in [-0.15, -0.1) is 0 Å². The maximum absolute atomic E-state index is 5.98. The van der Waals surface area contributed by atoms with Crippen LogP contribution in [0.25, 0.3) is 11.1 Å². The lowest BCUT2D eigenvalue weighted by atomic mass is 10.0. The molecule has 4 nitrogen and oxygen atoms in total. The fraction of sp³-hybridized carbons (Fsp3) is 0.125. The van der Waals surface area contributed by atoms with E-state index in [0.717, 1.165) is 29.7 Å². The molecule has 4 heteroatoms. The zero-order valence-corrected chi connectivity index (χ0v) is 11.1. The van der Waals surface area contributed by atoms with Gasteiger partial charge in [0.15, 0.2) is 5.82 Å². The minimum atomic E-state index is 0.541. The first kappa shape index (κ1) is 12.4. The van der Waals surface area contributed by atoms with Gasteiger partial charge in [-0.25, -0.2) is 0 Å². The monoisotopic (exact) mass is 264 g/mol. The van der Waals surface area contributed by atoms with Crippen molar-refractivity contribution in [3.05, 3.63) is 66.1 Å². The van der Waals surface area contributed by atoms with E-state index in [1.807, 2.05) is 18.2 Å². The summed E-state index contributed by atoms with van der Waals surface area (Å²) in [5.41, 5.74) is 10.4. The quantitative estimate of drug-likeness (QED) is 0.761. The second kappa shape index (κ2) is 5.57. The lowest BCUT2D eigenvalue weighted by Crippen LogP contribution is -1.95. The molecule has 0 atom stereocenters. The van der Waals surface area contributed by atoms with Gasteiger partial charge in [0.25, 0.3) is 0 Å². The number of anilines is 1. The van der Waals surface area contributed by atoms with Gasteiger partial charge in [-0.2, -0.15) is 5.10 Å². The van der Waals surface area contributed by atoms with Crippen LogP contribution in [0.2, 0.25) is 0 Å². The SMILES string of the molecule is Nc1n[nH]c(CCc2ccccc2)c1-c1ccncc1. The lowest BCUT2D eigenvalue weighted by molar-refractivity contribution is 0.895. The van der Waals surface area contributed by atoms with Crippen LogP contribution in [0.4, 0.5) is 5.82 Å². The molecular weight excluding hydrogens is 248 g/mol. The maximum Gasteiger partial charge on any atom is 0.153 e. The lowest BCUT2D eigenvalue weighted by Gasteiger charge is -2.04. The molecule has 20 heavy (non-hydrogen) atoms. The second-order valence-corrected chi connectivity index (χ2v) is 4.68. The molecular formula is C16H16N4. The van der Waals surface area contributed by atoms with Gasteiger partial charge in [0.1, 0.15) is 0 Å². The number of H-pyrrole nitrogens is 1. The van der Waals surface area contributed by atoms with Crippen molar-refractivity contribution in [3.8, 4) is 11.1 Å². The van der Waals surface area contributed by atoms with Gasteiger partial charge in [-0.3, -0.25) is 10.1 Å². The number of benzene rings is 1. The summed E-state index contributed by atoms with van der Waals surface area (Å²) in [5, 5.41) is 7.18. The van der Waals surface area contributed by atoms with Gasteiger partial charge in [-0.05, 0) is 36.1 Å². The Hall–Kier alpha value is -2.62. The number of rotatable bonds is 4. The molecule has 0 aliphatic rings. The number of nitrogen functional groups attached to an aromatic ring is 1. The fourth-order valence-electron chi connectivity index (χ4n) is 2.33. The van der Waals surface area contributed by atoms with E-state index < -0.39 is 0 Å². The number of aromatic nitrogens is 3. The molecule has 0 amide bonds. The highest BCUT2D eigenvalue weighted by Gasteiger charge is 2.12. The third-order valence-electron chi connectivity index (χ3n) is 3.34. The minimum absolute atomic E-state index is 0.541. The first-order valence-electron chi connectivity index (χ1n) is 6.61. The zero-order chi connectivity index (χ0) is 13.8. The molecule has 2 aromatic heterocycles. The van der Waals surface area contributed by atoms with Crippen molar-refractivity contribution in [1.29, 1.82) is 0 Å². The number of nitrogens with one attached hydrogen (secondary N) is 1. The summed E-state index contributed by atoms with van der Waals surface area (Å²) in [4.78, 5) is 4.04. The Morgan fingerprint density at radius 1 is 0.950 bits per heavy atom. The third kappa shape index (κ3) is 2.54. The van der Waals surface area contributed by atoms with E-state index in [2.05, 4.69) is 39.4 Å². The Balaban J connectivity index is 1.85. The molecule has 0 bridgehead atoms. The fourth-order valence-corrected chi connectivity index (χ4v) is 2.33. The van der Waals surface area contributed by atoms with E-state index in [0.29, 0.717) is 5.82 Å². The molecule has 3 aromatic rings. The Morgan fingerprint density at radius 2 is 1.70 bits per heavy atom. The number of pyridine rings is 1. The van der Waals surface area contributed by atoms with E-state index in [9.17, 15) is 0 Å². The Morgan fingerprint density at radius 3 is 2.45 bits per heavy atom. The standard InChI is InChI=1S/C16H16N4/c17-16-15(13-8-10-18-11-9-13)14(19-20-16)7-6-12-4-2-1-3-5-12/h1-5,8-11H,6-7H2,(H3,17,19,20). The molecule has 3 N–H and O–H groups in total. The van der Waals surface area contributed by atoms with Crippen molar-refractivity contribution < 1.29 is 0 Å². The summed E-state index contributed by atoms with van der Waals surface area (Å²) in [5.74, 6) is 0.541. The summed E-state index contributed by atoms with van der Waals surface area (Å²) < 4.78 is 0. The molecule has 0 fully saturated rings. The van der Waals surface area contributed by atoms with Gasteiger partial charge in [0.2, 0.25) is 0 Å². The van der Waals surface area contributed by atoms with Crippen LogP contribution in [0.3, 0.4) is 0 Å². The summed E-state index contributed by atoms with van der Waals surface area (Å²) >= 11 is 0.